The SMILES string of the molecule is C=CCOc1cccc(NC(=O)CN(c2ccccc2)S(C)(=O)=O)c1. The summed E-state index contributed by atoms with van der Waals surface area (Å²) in [4.78, 5) is 12.3. The molecule has 25 heavy (non-hydrogen) atoms. The minimum absolute atomic E-state index is 0.319. The van der Waals surface area contributed by atoms with Gasteiger partial charge in [0.1, 0.15) is 18.9 Å². The highest BCUT2D eigenvalue weighted by Crippen LogP contribution is 2.19. The van der Waals surface area contributed by atoms with Gasteiger partial charge in [-0.3, -0.25) is 9.10 Å². The van der Waals surface area contributed by atoms with Crippen molar-refractivity contribution in [1.82, 2.24) is 0 Å². The summed E-state index contributed by atoms with van der Waals surface area (Å²) in [7, 11) is -3.59. The van der Waals surface area contributed by atoms with Gasteiger partial charge < -0.3 is 10.1 Å². The van der Waals surface area contributed by atoms with Crippen LogP contribution in [0.3, 0.4) is 0 Å². The lowest BCUT2D eigenvalue weighted by Crippen LogP contribution is -2.37. The molecule has 0 heterocycles. The molecule has 0 atom stereocenters. The number of sulfonamides is 1. The molecule has 0 unspecified atom stereocenters. The Kier molecular flexibility index (Phi) is 6.19. The Labute approximate surface area is 147 Å². The molecule has 0 saturated carbocycles. The molecule has 1 amide bonds. The molecule has 2 rings (SSSR count). The van der Waals surface area contributed by atoms with Crippen molar-refractivity contribution in [2.75, 3.05) is 29.0 Å². The first-order chi connectivity index (χ1) is 11.9. The highest BCUT2D eigenvalue weighted by molar-refractivity contribution is 7.92. The van der Waals surface area contributed by atoms with Crippen molar-refractivity contribution in [3.63, 3.8) is 0 Å². The molecule has 0 aliphatic rings. The van der Waals surface area contributed by atoms with Crippen LogP contribution < -0.4 is 14.4 Å². The number of nitrogens with one attached hydrogen (secondary N) is 1. The minimum Gasteiger partial charge on any atom is -0.489 e. The number of nitrogens with zero attached hydrogens (tertiary/aromatic N) is 1. The van der Waals surface area contributed by atoms with E-state index < -0.39 is 15.9 Å². The van der Waals surface area contributed by atoms with Crippen LogP contribution in [0.1, 0.15) is 0 Å². The van der Waals surface area contributed by atoms with Crippen LogP contribution in [0.5, 0.6) is 5.75 Å². The van der Waals surface area contributed by atoms with Gasteiger partial charge in [0.05, 0.1) is 11.9 Å². The number of ether oxygens (including phenoxy) is 1. The van der Waals surface area contributed by atoms with Crippen molar-refractivity contribution in [3.8, 4) is 5.75 Å². The Hall–Kier alpha value is -2.80. The van der Waals surface area contributed by atoms with E-state index in [0.29, 0.717) is 23.7 Å². The van der Waals surface area contributed by atoms with Crippen LogP contribution in [0.25, 0.3) is 0 Å². The molecule has 7 heteroatoms. The molecule has 0 aliphatic carbocycles. The van der Waals surface area contributed by atoms with Crippen LogP contribution in [0.4, 0.5) is 11.4 Å². The molecule has 0 radical (unpaired) electrons. The molecule has 0 aromatic heterocycles. The molecule has 0 saturated heterocycles. The Balaban J connectivity index is 2.11. The van der Waals surface area contributed by atoms with E-state index in [1.807, 2.05) is 0 Å². The van der Waals surface area contributed by atoms with Gasteiger partial charge in [0.2, 0.25) is 15.9 Å². The maximum atomic E-state index is 12.3. The molecule has 132 valence electrons. The summed E-state index contributed by atoms with van der Waals surface area (Å²) in [5.41, 5.74) is 0.955. The van der Waals surface area contributed by atoms with Crippen LogP contribution in [0.15, 0.2) is 67.3 Å². The summed E-state index contributed by atoms with van der Waals surface area (Å²) in [6.45, 7) is 3.61. The number of amides is 1. The van der Waals surface area contributed by atoms with E-state index in [9.17, 15) is 13.2 Å². The summed E-state index contributed by atoms with van der Waals surface area (Å²) in [6.07, 6.45) is 2.69. The summed E-state index contributed by atoms with van der Waals surface area (Å²) in [6, 6.07) is 15.3. The van der Waals surface area contributed by atoms with Gasteiger partial charge in [-0.15, -0.1) is 0 Å². The number of para-hydroxylation sites is 1. The molecular formula is C18H20N2O4S. The Morgan fingerprint density at radius 3 is 2.56 bits per heavy atom. The normalized spacial score (nSPS) is 10.8. The molecule has 2 aromatic carbocycles. The van der Waals surface area contributed by atoms with E-state index in [2.05, 4.69) is 11.9 Å². The summed E-state index contributed by atoms with van der Waals surface area (Å²) < 4.78 is 30.5. The second-order valence-electron chi connectivity index (χ2n) is 5.28. The lowest BCUT2D eigenvalue weighted by Gasteiger charge is -2.21. The van der Waals surface area contributed by atoms with Crippen LogP contribution in [0, 0.1) is 0 Å². The predicted octanol–water partition coefficient (Wildman–Crippen LogP) is 2.66. The lowest BCUT2D eigenvalue weighted by atomic mass is 10.3. The van der Waals surface area contributed by atoms with Crippen LogP contribution >= 0.6 is 0 Å². The van der Waals surface area contributed by atoms with Crippen molar-refractivity contribution in [1.29, 1.82) is 0 Å². The standard InChI is InChI=1S/C18H20N2O4S/c1-3-12-24-17-11-7-8-15(13-17)19-18(21)14-20(25(2,22)23)16-9-5-4-6-10-16/h3-11,13H,1,12,14H2,2H3,(H,19,21). The van der Waals surface area contributed by atoms with Crippen molar-refractivity contribution in [2.24, 2.45) is 0 Å². The molecular weight excluding hydrogens is 340 g/mol. The van der Waals surface area contributed by atoms with Crippen LogP contribution in [-0.2, 0) is 14.8 Å². The monoisotopic (exact) mass is 360 g/mol. The third-order valence-electron chi connectivity index (χ3n) is 3.22. The first-order valence-corrected chi connectivity index (χ1v) is 9.41. The Bertz CT molecular complexity index is 835. The second kappa shape index (κ2) is 8.34. The zero-order valence-electron chi connectivity index (χ0n) is 13.9. The van der Waals surface area contributed by atoms with E-state index in [4.69, 9.17) is 4.74 Å². The molecule has 0 spiro atoms. The Morgan fingerprint density at radius 1 is 1.20 bits per heavy atom. The van der Waals surface area contributed by atoms with E-state index in [0.717, 1.165) is 10.6 Å². The largest absolute Gasteiger partial charge is 0.489 e. The van der Waals surface area contributed by atoms with E-state index in [1.54, 1.807) is 60.7 Å². The van der Waals surface area contributed by atoms with Crippen molar-refractivity contribution >= 4 is 27.3 Å². The predicted molar refractivity (Wildman–Crippen MR) is 99.4 cm³/mol. The average molecular weight is 360 g/mol. The summed E-state index contributed by atoms with van der Waals surface area (Å²) >= 11 is 0. The van der Waals surface area contributed by atoms with Crippen molar-refractivity contribution in [2.45, 2.75) is 0 Å². The fraction of sp³-hybridized carbons (Fsp3) is 0.167. The van der Waals surface area contributed by atoms with Gasteiger partial charge >= 0.3 is 0 Å². The van der Waals surface area contributed by atoms with Gasteiger partial charge in [-0.25, -0.2) is 8.42 Å². The first kappa shape index (κ1) is 18.5. The fourth-order valence-corrected chi connectivity index (χ4v) is 3.00. The van der Waals surface area contributed by atoms with E-state index >= 15 is 0 Å². The smallest absolute Gasteiger partial charge is 0.245 e. The number of carbonyl (C=O) groups is 1. The maximum absolute atomic E-state index is 12.3. The zero-order valence-corrected chi connectivity index (χ0v) is 14.7. The van der Waals surface area contributed by atoms with E-state index in [-0.39, 0.29) is 6.54 Å². The number of hydrogen-bond acceptors (Lipinski definition) is 4. The molecule has 2 aromatic rings. The van der Waals surface area contributed by atoms with Crippen molar-refractivity contribution in [3.05, 3.63) is 67.3 Å². The molecule has 0 aliphatic heterocycles. The maximum Gasteiger partial charge on any atom is 0.245 e. The third-order valence-corrected chi connectivity index (χ3v) is 4.36. The van der Waals surface area contributed by atoms with Gasteiger partial charge in [-0.1, -0.05) is 36.9 Å². The molecule has 0 fully saturated rings. The summed E-state index contributed by atoms with van der Waals surface area (Å²) in [5, 5.41) is 2.68. The minimum atomic E-state index is -3.59. The van der Waals surface area contributed by atoms with Gasteiger partial charge in [-0.2, -0.15) is 0 Å². The van der Waals surface area contributed by atoms with Gasteiger partial charge in [0, 0.05) is 11.8 Å². The summed E-state index contributed by atoms with van der Waals surface area (Å²) in [5.74, 6) is 0.135. The zero-order chi connectivity index (χ0) is 18.3. The van der Waals surface area contributed by atoms with Gasteiger partial charge in [0.25, 0.3) is 0 Å². The van der Waals surface area contributed by atoms with Crippen molar-refractivity contribution < 1.29 is 17.9 Å². The highest BCUT2D eigenvalue weighted by Gasteiger charge is 2.20. The number of benzene rings is 2. The molecule has 6 nitrogen and oxygen atoms in total. The number of carbonyl (C=O) groups excluding carboxylic acids is 1. The molecule has 1 N–H and O–H groups in total. The number of hydrogen-bond donors (Lipinski definition) is 1. The van der Waals surface area contributed by atoms with E-state index in [1.165, 1.54) is 0 Å². The fourth-order valence-electron chi connectivity index (χ4n) is 2.14. The second-order valence-corrected chi connectivity index (χ2v) is 7.19. The van der Waals surface area contributed by atoms with Crippen LogP contribution in [-0.4, -0.2) is 33.7 Å². The van der Waals surface area contributed by atoms with Gasteiger partial charge in [-0.05, 0) is 24.3 Å². The highest BCUT2D eigenvalue weighted by atomic mass is 32.2. The quantitative estimate of drug-likeness (QED) is 0.735. The average Bonchev–Trinajstić information content (AvgIpc) is 2.58. The topological polar surface area (TPSA) is 75.7 Å². The lowest BCUT2D eigenvalue weighted by molar-refractivity contribution is -0.114. The first-order valence-electron chi connectivity index (χ1n) is 7.56. The van der Waals surface area contributed by atoms with Gasteiger partial charge in [0.15, 0.2) is 0 Å². The number of rotatable bonds is 8. The molecule has 0 bridgehead atoms. The number of anilines is 2. The van der Waals surface area contributed by atoms with Crippen LogP contribution in [0.2, 0.25) is 0 Å². The Morgan fingerprint density at radius 2 is 1.92 bits per heavy atom. The third kappa shape index (κ3) is 5.65.